The molecule has 0 unspecified atom stereocenters. The molecule has 0 spiro atoms. The molecule has 0 saturated heterocycles. The van der Waals surface area contributed by atoms with Crippen molar-refractivity contribution in [3.05, 3.63) is 23.8 Å². The maximum atomic E-state index is 12.0. The summed E-state index contributed by atoms with van der Waals surface area (Å²) in [5, 5.41) is 2.93. The Morgan fingerprint density at radius 2 is 2.00 bits per heavy atom. The Hall–Kier alpha value is -1.51. The topological polar surface area (TPSA) is 38.3 Å². The van der Waals surface area contributed by atoms with E-state index in [-0.39, 0.29) is 5.91 Å². The van der Waals surface area contributed by atoms with Crippen LogP contribution in [0.4, 0.5) is 5.69 Å². The molecule has 0 aromatic heterocycles. The summed E-state index contributed by atoms with van der Waals surface area (Å²) in [6, 6.07) is 5.78. The normalized spacial score (nSPS) is 17.3. The van der Waals surface area contributed by atoms with Crippen LogP contribution in [-0.4, -0.2) is 11.5 Å². The summed E-state index contributed by atoms with van der Waals surface area (Å²) in [7, 11) is 0. The first-order valence-electron chi connectivity index (χ1n) is 5.73. The lowest BCUT2D eigenvalue weighted by molar-refractivity contribution is -0.133. The van der Waals surface area contributed by atoms with Gasteiger partial charge in [-0.1, -0.05) is 26.0 Å². The van der Waals surface area contributed by atoms with E-state index in [0.717, 1.165) is 17.0 Å². The molecule has 0 saturated carbocycles. The molecule has 1 heterocycles. The molecule has 0 radical (unpaired) electrons. The highest BCUT2D eigenvalue weighted by Crippen LogP contribution is 2.38. The van der Waals surface area contributed by atoms with Gasteiger partial charge < -0.3 is 10.1 Å². The minimum atomic E-state index is -0.695. The molecule has 86 valence electrons. The number of hydrogen-bond acceptors (Lipinski definition) is 2. The van der Waals surface area contributed by atoms with Crippen molar-refractivity contribution in [1.29, 1.82) is 0 Å². The van der Waals surface area contributed by atoms with Crippen LogP contribution < -0.4 is 10.1 Å². The number of amides is 1. The van der Waals surface area contributed by atoms with E-state index in [0.29, 0.717) is 12.8 Å². The maximum Gasteiger partial charge on any atom is 0.268 e. The lowest BCUT2D eigenvalue weighted by Gasteiger charge is -2.36. The van der Waals surface area contributed by atoms with Gasteiger partial charge in [0, 0.05) is 0 Å². The van der Waals surface area contributed by atoms with Gasteiger partial charge in [0.2, 0.25) is 0 Å². The third kappa shape index (κ3) is 1.47. The van der Waals surface area contributed by atoms with Crippen LogP contribution in [0, 0.1) is 6.92 Å². The number of rotatable bonds is 2. The molecule has 1 aromatic carbocycles. The van der Waals surface area contributed by atoms with Crippen molar-refractivity contribution in [2.24, 2.45) is 0 Å². The Bertz CT molecular complexity index is 422. The van der Waals surface area contributed by atoms with Crippen LogP contribution in [0.15, 0.2) is 18.2 Å². The second kappa shape index (κ2) is 3.81. The average molecular weight is 219 g/mol. The van der Waals surface area contributed by atoms with Crippen LogP contribution in [0.1, 0.15) is 32.3 Å². The van der Waals surface area contributed by atoms with Crippen molar-refractivity contribution in [3.8, 4) is 5.75 Å². The van der Waals surface area contributed by atoms with Crippen LogP contribution in [0.2, 0.25) is 0 Å². The number of benzene rings is 1. The van der Waals surface area contributed by atoms with Gasteiger partial charge in [0.25, 0.3) is 5.91 Å². The third-order valence-corrected chi connectivity index (χ3v) is 3.31. The molecule has 1 aliphatic heterocycles. The van der Waals surface area contributed by atoms with E-state index < -0.39 is 5.60 Å². The van der Waals surface area contributed by atoms with E-state index in [2.05, 4.69) is 5.32 Å². The summed E-state index contributed by atoms with van der Waals surface area (Å²) in [4.78, 5) is 12.0. The van der Waals surface area contributed by atoms with E-state index >= 15 is 0 Å². The first kappa shape index (κ1) is 11.0. The zero-order valence-corrected chi connectivity index (χ0v) is 9.96. The van der Waals surface area contributed by atoms with Gasteiger partial charge in [0.15, 0.2) is 5.60 Å². The second-order valence-corrected chi connectivity index (χ2v) is 4.21. The standard InChI is InChI=1S/C13H17NO2/c1-4-13(5-2)12(15)14-10-8-6-7-9(3)11(10)16-13/h6-8H,4-5H2,1-3H3,(H,14,15). The third-order valence-electron chi connectivity index (χ3n) is 3.31. The summed E-state index contributed by atoms with van der Waals surface area (Å²) >= 11 is 0. The SMILES string of the molecule is CCC1(CC)Oc2c(C)cccc2NC1=O. The quantitative estimate of drug-likeness (QED) is 0.830. The molecule has 0 aliphatic carbocycles. The fourth-order valence-electron chi connectivity index (χ4n) is 2.08. The minimum absolute atomic E-state index is 0.0319. The number of carbonyl (C=O) groups excluding carboxylic acids is 1. The molecule has 1 N–H and O–H groups in total. The van der Waals surface area contributed by atoms with Gasteiger partial charge in [0.1, 0.15) is 5.75 Å². The minimum Gasteiger partial charge on any atom is -0.475 e. The first-order chi connectivity index (χ1) is 7.63. The highest BCUT2D eigenvalue weighted by Gasteiger charge is 2.41. The van der Waals surface area contributed by atoms with E-state index in [9.17, 15) is 4.79 Å². The van der Waals surface area contributed by atoms with Crippen molar-refractivity contribution in [3.63, 3.8) is 0 Å². The smallest absolute Gasteiger partial charge is 0.268 e. The predicted molar refractivity (Wildman–Crippen MR) is 63.7 cm³/mol. The first-order valence-corrected chi connectivity index (χ1v) is 5.73. The lowest BCUT2D eigenvalue weighted by atomic mass is 9.93. The Labute approximate surface area is 95.8 Å². The van der Waals surface area contributed by atoms with Gasteiger partial charge in [-0.25, -0.2) is 0 Å². The molecule has 0 atom stereocenters. The van der Waals surface area contributed by atoms with E-state index in [1.165, 1.54) is 0 Å². The van der Waals surface area contributed by atoms with Crippen molar-refractivity contribution in [1.82, 2.24) is 0 Å². The Morgan fingerprint density at radius 1 is 1.31 bits per heavy atom. The zero-order chi connectivity index (χ0) is 11.8. The second-order valence-electron chi connectivity index (χ2n) is 4.21. The molecular formula is C13H17NO2. The van der Waals surface area contributed by atoms with Gasteiger partial charge in [0.05, 0.1) is 5.69 Å². The predicted octanol–water partition coefficient (Wildman–Crippen LogP) is 2.88. The van der Waals surface area contributed by atoms with Gasteiger partial charge in [-0.15, -0.1) is 0 Å². The number of para-hydroxylation sites is 1. The molecule has 16 heavy (non-hydrogen) atoms. The largest absolute Gasteiger partial charge is 0.475 e. The molecule has 2 rings (SSSR count). The molecule has 3 nitrogen and oxygen atoms in total. The van der Waals surface area contributed by atoms with Gasteiger partial charge in [-0.05, 0) is 31.4 Å². The van der Waals surface area contributed by atoms with Crippen molar-refractivity contribution in [2.75, 3.05) is 5.32 Å². The van der Waals surface area contributed by atoms with E-state index in [1.54, 1.807) is 0 Å². The number of ether oxygens (including phenoxy) is 1. The summed E-state index contributed by atoms with van der Waals surface area (Å²) < 4.78 is 5.95. The van der Waals surface area contributed by atoms with Crippen LogP contribution in [0.5, 0.6) is 5.75 Å². The fraction of sp³-hybridized carbons (Fsp3) is 0.462. The Morgan fingerprint density at radius 3 is 2.62 bits per heavy atom. The number of nitrogens with one attached hydrogen (secondary N) is 1. The van der Waals surface area contributed by atoms with Crippen LogP contribution in [0.3, 0.4) is 0 Å². The molecule has 0 bridgehead atoms. The van der Waals surface area contributed by atoms with E-state index in [4.69, 9.17) is 4.74 Å². The van der Waals surface area contributed by atoms with Crippen LogP contribution in [0.25, 0.3) is 0 Å². The molecule has 1 aliphatic rings. The van der Waals surface area contributed by atoms with Gasteiger partial charge >= 0.3 is 0 Å². The van der Waals surface area contributed by atoms with Crippen LogP contribution in [-0.2, 0) is 4.79 Å². The molecular weight excluding hydrogens is 202 g/mol. The lowest BCUT2D eigenvalue weighted by Crippen LogP contribution is -2.50. The number of anilines is 1. The summed E-state index contributed by atoms with van der Waals surface area (Å²) in [5.74, 6) is 0.779. The molecule has 3 heteroatoms. The van der Waals surface area contributed by atoms with Crippen LogP contribution >= 0.6 is 0 Å². The van der Waals surface area contributed by atoms with E-state index in [1.807, 2.05) is 39.0 Å². The molecule has 1 aromatic rings. The zero-order valence-electron chi connectivity index (χ0n) is 9.96. The Kier molecular flexibility index (Phi) is 2.62. The monoisotopic (exact) mass is 219 g/mol. The molecule has 0 fully saturated rings. The van der Waals surface area contributed by atoms with Gasteiger partial charge in [-0.2, -0.15) is 0 Å². The number of aryl methyl sites for hydroxylation is 1. The highest BCUT2D eigenvalue weighted by atomic mass is 16.5. The summed E-state index contributed by atoms with van der Waals surface area (Å²) in [6.07, 6.45) is 1.37. The van der Waals surface area contributed by atoms with Crippen molar-refractivity contribution in [2.45, 2.75) is 39.2 Å². The van der Waals surface area contributed by atoms with Crippen molar-refractivity contribution < 1.29 is 9.53 Å². The van der Waals surface area contributed by atoms with Crippen molar-refractivity contribution >= 4 is 11.6 Å². The summed E-state index contributed by atoms with van der Waals surface area (Å²) in [5.41, 5.74) is 1.14. The van der Waals surface area contributed by atoms with Gasteiger partial charge in [-0.3, -0.25) is 4.79 Å². The molecule has 1 amide bonds. The Balaban J connectivity index is 2.48. The number of hydrogen-bond donors (Lipinski definition) is 1. The average Bonchev–Trinajstić information content (AvgIpc) is 2.29. The maximum absolute atomic E-state index is 12.0. The number of carbonyl (C=O) groups is 1. The summed E-state index contributed by atoms with van der Waals surface area (Å²) in [6.45, 7) is 5.95. The highest BCUT2D eigenvalue weighted by molar-refractivity contribution is 6.00. The fourth-order valence-corrected chi connectivity index (χ4v) is 2.08. The number of fused-ring (bicyclic) bond motifs is 1.